The number of rotatable bonds is 3. The maximum atomic E-state index is 12.3. The highest BCUT2D eigenvalue weighted by molar-refractivity contribution is 7.88. The number of fused-ring (bicyclic) bond motifs is 1. The molecule has 0 bridgehead atoms. The van der Waals surface area contributed by atoms with E-state index >= 15 is 0 Å². The SMILES string of the molecule is Cc1cccc2cc([C@@H]3C=C(c4cccs4)NN3S(C)(=O)=O)c(Cl)nc12. The van der Waals surface area contributed by atoms with Crippen LogP contribution in [0.25, 0.3) is 16.6 Å². The van der Waals surface area contributed by atoms with Gasteiger partial charge in [0.25, 0.3) is 0 Å². The molecule has 0 unspecified atom stereocenters. The molecule has 1 atom stereocenters. The van der Waals surface area contributed by atoms with Crippen molar-refractivity contribution < 1.29 is 8.42 Å². The predicted octanol–water partition coefficient (Wildman–Crippen LogP) is 4.12. The highest BCUT2D eigenvalue weighted by Crippen LogP contribution is 2.38. The molecule has 3 heterocycles. The molecule has 0 amide bonds. The third kappa shape index (κ3) is 3.01. The van der Waals surface area contributed by atoms with Crippen molar-refractivity contribution in [2.24, 2.45) is 0 Å². The molecule has 26 heavy (non-hydrogen) atoms. The second-order valence-electron chi connectivity index (χ2n) is 6.19. The molecule has 1 aliphatic heterocycles. The topological polar surface area (TPSA) is 62.3 Å². The molecule has 0 fully saturated rings. The summed E-state index contributed by atoms with van der Waals surface area (Å²) in [5.41, 5.74) is 6.24. The molecule has 1 N–H and O–H groups in total. The van der Waals surface area contributed by atoms with Crippen LogP contribution in [0.1, 0.15) is 22.0 Å². The first-order valence-corrected chi connectivity index (χ1v) is 11.0. The van der Waals surface area contributed by atoms with E-state index in [9.17, 15) is 8.42 Å². The third-order valence-corrected chi connectivity index (χ3v) is 6.54. The number of thiophene rings is 1. The van der Waals surface area contributed by atoms with Crippen molar-refractivity contribution in [2.75, 3.05) is 6.26 Å². The molecule has 134 valence electrons. The number of nitrogens with zero attached hydrogens (tertiary/aromatic N) is 2. The zero-order valence-corrected chi connectivity index (χ0v) is 16.5. The van der Waals surface area contributed by atoms with Crippen molar-refractivity contribution in [1.29, 1.82) is 0 Å². The Bertz CT molecular complexity index is 1120. The van der Waals surface area contributed by atoms with Gasteiger partial charge < -0.3 is 5.43 Å². The van der Waals surface area contributed by atoms with Gasteiger partial charge in [-0.1, -0.05) is 35.9 Å². The van der Waals surface area contributed by atoms with E-state index in [4.69, 9.17) is 11.6 Å². The standard InChI is InChI=1S/C18H16ClN3O2S2/c1-11-5-3-6-12-9-13(18(19)20-17(11)12)15-10-14(16-7-4-8-25-16)21-22(15)26(2,23)24/h3-10,15,21H,1-2H3/t15-/m0/s1. The van der Waals surface area contributed by atoms with Crippen LogP contribution in [0.15, 0.2) is 47.9 Å². The first-order chi connectivity index (χ1) is 12.3. The summed E-state index contributed by atoms with van der Waals surface area (Å²) in [5, 5.41) is 3.18. The van der Waals surface area contributed by atoms with Gasteiger partial charge in [0.05, 0.1) is 28.4 Å². The van der Waals surface area contributed by atoms with Crippen molar-refractivity contribution in [3.63, 3.8) is 0 Å². The van der Waals surface area contributed by atoms with Crippen molar-refractivity contribution >= 4 is 49.6 Å². The van der Waals surface area contributed by atoms with Crippen LogP contribution in [0, 0.1) is 6.92 Å². The Balaban J connectivity index is 1.88. The molecule has 1 aromatic carbocycles. The van der Waals surface area contributed by atoms with E-state index in [2.05, 4.69) is 10.4 Å². The largest absolute Gasteiger partial charge is 0.304 e. The summed E-state index contributed by atoms with van der Waals surface area (Å²) in [6.07, 6.45) is 3.04. The summed E-state index contributed by atoms with van der Waals surface area (Å²) in [6, 6.07) is 11.1. The van der Waals surface area contributed by atoms with Crippen molar-refractivity contribution in [3.05, 3.63) is 69.0 Å². The average Bonchev–Trinajstić information content (AvgIpc) is 3.24. The Morgan fingerprint density at radius 3 is 2.77 bits per heavy atom. The summed E-state index contributed by atoms with van der Waals surface area (Å²) in [4.78, 5) is 5.47. The average molecular weight is 406 g/mol. The highest BCUT2D eigenvalue weighted by atomic mass is 35.5. The number of aryl methyl sites for hydroxylation is 1. The molecule has 5 nitrogen and oxygen atoms in total. The Hall–Kier alpha value is -1.93. The number of nitrogens with one attached hydrogen (secondary N) is 1. The minimum atomic E-state index is -3.51. The van der Waals surface area contributed by atoms with Gasteiger partial charge in [-0.2, -0.15) is 0 Å². The van der Waals surface area contributed by atoms with Crippen LogP contribution in [-0.2, 0) is 10.0 Å². The Morgan fingerprint density at radius 2 is 2.08 bits per heavy atom. The molecule has 0 spiro atoms. The van der Waals surface area contributed by atoms with Gasteiger partial charge in [0.2, 0.25) is 10.0 Å². The van der Waals surface area contributed by atoms with Crippen molar-refractivity contribution in [1.82, 2.24) is 14.8 Å². The lowest BCUT2D eigenvalue weighted by atomic mass is 10.0. The van der Waals surface area contributed by atoms with Crippen LogP contribution in [0.3, 0.4) is 0 Å². The summed E-state index contributed by atoms with van der Waals surface area (Å²) in [5.74, 6) is 0. The lowest BCUT2D eigenvalue weighted by Crippen LogP contribution is -2.38. The molecule has 4 rings (SSSR count). The minimum Gasteiger partial charge on any atom is -0.304 e. The minimum absolute atomic E-state index is 0.302. The summed E-state index contributed by atoms with van der Waals surface area (Å²) >= 11 is 7.99. The highest BCUT2D eigenvalue weighted by Gasteiger charge is 2.35. The normalized spacial score (nSPS) is 18.1. The maximum absolute atomic E-state index is 12.3. The summed E-state index contributed by atoms with van der Waals surface area (Å²) in [7, 11) is -3.51. The number of hydrogen-bond acceptors (Lipinski definition) is 5. The zero-order valence-electron chi connectivity index (χ0n) is 14.1. The molecule has 0 radical (unpaired) electrons. The van der Waals surface area contributed by atoms with Crippen LogP contribution in [-0.4, -0.2) is 24.1 Å². The number of para-hydroxylation sites is 1. The molecule has 1 aliphatic rings. The third-order valence-electron chi connectivity index (χ3n) is 4.30. The van der Waals surface area contributed by atoms with Crippen LogP contribution < -0.4 is 5.43 Å². The maximum Gasteiger partial charge on any atom is 0.228 e. The van der Waals surface area contributed by atoms with E-state index in [0.717, 1.165) is 27.0 Å². The van der Waals surface area contributed by atoms with Crippen LogP contribution in [0.5, 0.6) is 0 Å². The van der Waals surface area contributed by atoms with Crippen LogP contribution in [0.2, 0.25) is 5.15 Å². The van der Waals surface area contributed by atoms with E-state index < -0.39 is 16.1 Å². The number of benzene rings is 1. The molecule has 0 saturated carbocycles. The quantitative estimate of drug-likeness (QED) is 0.666. The molecule has 8 heteroatoms. The molecule has 2 aromatic heterocycles. The van der Waals surface area contributed by atoms with Gasteiger partial charge in [0.15, 0.2) is 0 Å². The monoisotopic (exact) mass is 405 g/mol. The van der Waals surface area contributed by atoms with Gasteiger partial charge >= 0.3 is 0 Å². The van der Waals surface area contributed by atoms with Gasteiger partial charge in [0.1, 0.15) is 5.15 Å². The van der Waals surface area contributed by atoms with E-state index in [1.54, 1.807) is 0 Å². The lowest BCUT2D eigenvalue weighted by Gasteiger charge is -2.23. The van der Waals surface area contributed by atoms with E-state index in [1.807, 2.05) is 54.8 Å². The Labute approximate surface area is 161 Å². The van der Waals surface area contributed by atoms with Crippen molar-refractivity contribution in [3.8, 4) is 0 Å². The fourth-order valence-corrected chi connectivity index (χ4v) is 4.88. The van der Waals surface area contributed by atoms with E-state index in [-0.39, 0.29) is 0 Å². The Kier molecular flexibility index (Phi) is 4.27. The van der Waals surface area contributed by atoms with Gasteiger partial charge in [-0.15, -0.1) is 15.8 Å². The molecule has 0 aliphatic carbocycles. The van der Waals surface area contributed by atoms with Crippen LogP contribution >= 0.6 is 22.9 Å². The second kappa shape index (κ2) is 6.35. The zero-order chi connectivity index (χ0) is 18.5. The number of hydrogen-bond donors (Lipinski definition) is 1. The number of hydrazine groups is 1. The fraction of sp³-hybridized carbons (Fsp3) is 0.167. The summed E-state index contributed by atoms with van der Waals surface area (Å²) < 4.78 is 25.9. The number of halogens is 1. The molecule has 0 saturated heterocycles. The lowest BCUT2D eigenvalue weighted by molar-refractivity contribution is 0.351. The fourth-order valence-electron chi connectivity index (χ4n) is 3.07. The summed E-state index contributed by atoms with van der Waals surface area (Å²) in [6.45, 7) is 1.97. The predicted molar refractivity (Wildman–Crippen MR) is 106 cm³/mol. The number of pyridine rings is 1. The van der Waals surface area contributed by atoms with Gasteiger partial charge in [-0.05, 0) is 36.1 Å². The molecular formula is C18H16ClN3O2S2. The smallest absolute Gasteiger partial charge is 0.228 e. The van der Waals surface area contributed by atoms with Gasteiger partial charge in [-0.25, -0.2) is 13.4 Å². The molecular weight excluding hydrogens is 390 g/mol. The number of aromatic nitrogens is 1. The van der Waals surface area contributed by atoms with Crippen molar-refractivity contribution in [2.45, 2.75) is 13.0 Å². The van der Waals surface area contributed by atoms with E-state index in [0.29, 0.717) is 10.7 Å². The number of sulfonamides is 1. The molecule has 3 aromatic rings. The first kappa shape index (κ1) is 17.5. The Morgan fingerprint density at radius 1 is 1.27 bits per heavy atom. The van der Waals surface area contributed by atoms with Gasteiger partial charge in [-0.3, -0.25) is 0 Å². The second-order valence-corrected chi connectivity index (χ2v) is 9.35. The van der Waals surface area contributed by atoms with Gasteiger partial charge in [0, 0.05) is 10.9 Å². The van der Waals surface area contributed by atoms with E-state index in [1.165, 1.54) is 22.0 Å². The first-order valence-electron chi connectivity index (χ1n) is 7.92. The van der Waals surface area contributed by atoms with Crippen LogP contribution in [0.4, 0.5) is 0 Å².